The first-order valence-electron chi connectivity index (χ1n) is 7.41. The second-order valence-corrected chi connectivity index (χ2v) is 7.99. The Morgan fingerprint density at radius 1 is 1.24 bits per heavy atom. The van der Waals surface area contributed by atoms with E-state index in [1.807, 2.05) is 6.07 Å². The lowest BCUT2D eigenvalue weighted by Crippen LogP contribution is -2.25. The molecule has 0 spiro atoms. The number of anilines is 2. The number of nitrogens with one attached hydrogen (secondary N) is 2. The van der Waals surface area contributed by atoms with Crippen LogP contribution in [0.15, 0.2) is 18.2 Å². The van der Waals surface area contributed by atoms with Crippen LogP contribution in [0.1, 0.15) is 39.0 Å². The van der Waals surface area contributed by atoms with Gasteiger partial charge in [0.05, 0.1) is 17.0 Å². The molecule has 0 aromatic heterocycles. The summed E-state index contributed by atoms with van der Waals surface area (Å²) < 4.78 is 24.9. The Morgan fingerprint density at radius 3 is 2.43 bits per heavy atom. The molecule has 1 aliphatic rings. The minimum Gasteiger partial charge on any atom is -0.382 e. The molecule has 4 nitrogen and oxygen atoms in total. The molecule has 1 aromatic rings. The van der Waals surface area contributed by atoms with Gasteiger partial charge in [0.15, 0.2) is 0 Å². The monoisotopic (exact) mass is 330 g/mol. The third-order valence-corrected chi connectivity index (χ3v) is 4.96. The molecule has 0 saturated heterocycles. The summed E-state index contributed by atoms with van der Waals surface area (Å²) in [5.74, 6) is 0.868. The van der Waals surface area contributed by atoms with Crippen LogP contribution in [0.5, 0.6) is 0 Å². The van der Waals surface area contributed by atoms with Crippen LogP contribution in [0.2, 0.25) is 5.02 Å². The van der Waals surface area contributed by atoms with Gasteiger partial charge in [0.2, 0.25) is 10.0 Å². The third kappa shape index (κ3) is 5.08. The van der Waals surface area contributed by atoms with Crippen LogP contribution in [0.4, 0.5) is 11.4 Å². The molecule has 1 aliphatic carbocycles. The molecule has 2 N–H and O–H groups in total. The first-order valence-corrected chi connectivity index (χ1v) is 9.68. The van der Waals surface area contributed by atoms with Crippen molar-refractivity contribution in [3.05, 3.63) is 23.2 Å². The van der Waals surface area contributed by atoms with Crippen LogP contribution in [0.3, 0.4) is 0 Å². The van der Waals surface area contributed by atoms with Gasteiger partial charge in [-0.2, -0.15) is 0 Å². The summed E-state index contributed by atoms with van der Waals surface area (Å²) in [6, 6.07) is 5.83. The molecule has 0 radical (unpaired) electrons. The molecule has 0 aliphatic heterocycles. The van der Waals surface area contributed by atoms with Crippen molar-refractivity contribution in [1.82, 2.24) is 0 Å². The summed E-state index contributed by atoms with van der Waals surface area (Å²) in [7, 11) is -3.30. The third-order valence-electron chi connectivity index (χ3n) is 4.06. The van der Waals surface area contributed by atoms with Crippen molar-refractivity contribution in [2.24, 2.45) is 5.92 Å². The molecule has 0 bridgehead atoms. The highest BCUT2D eigenvalue weighted by Crippen LogP contribution is 2.31. The minimum atomic E-state index is -3.30. The maximum atomic E-state index is 11.2. The number of hydrogen-bond donors (Lipinski definition) is 2. The van der Waals surface area contributed by atoms with E-state index >= 15 is 0 Å². The second kappa shape index (κ2) is 6.88. The Kier molecular flexibility index (Phi) is 5.38. The van der Waals surface area contributed by atoms with Crippen molar-refractivity contribution in [2.75, 3.05) is 16.3 Å². The molecule has 118 valence electrons. The van der Waals surface area contributed by atoms with Crippen LogP contribution in [-0.2, 0) is 10.0 Å². The topological polar surface area (TPSA) is 58.2 Å². The molecule has 1 aromatic carbocycles. The maximum Gasteiger partial charge on any atom is 0.229 e. The van der Waals surface area contributed by atoms with Crippen molar-refractivity contribution in [3.8, 4) is 0 Å². The van der Waals surface area contributed by atoms with E-state index in [1.54, 1.807) is 12.1 Å². The normalized spacial score (nSPS) is 22.8. The highest BCUT2D eigenvalue weighted by Gasteiger charge is 2.19. The molecule has 1 fully saturated rings. The maximum absolute atomic E-state index is 11.2. The lowest BCUT2D eigenvalue weighted by molar-refractivity contribution is 0.330. The molecule has 0 heterocycles. The van der Waals surface area contributed by atoms with E-state index in [1.165, 1.54) is 32.1 Å². The van der Waals surface area contributed by atoms with Crippen LogP contribution in [0, 0.1) is 5.92 Å². The lowest BCUT2D eigenvalue weighted by atomic mass is 9.84. The van der Waals surface area contributed by atoms with Crippen LogP contribution in [-0.4, -0.2) is 20.7 Å². The van der Waals surface area contributed by atoms with Gasteiger partial charge in [0.1, 0.15) is 0 Å². The number of rotatable bonds is 5. The first kappa shape index (κ1) is 16.4. The Morgan fingerprint density at radius 2 is 1.90 bits per heavy atom. The molecule has 2 rings (SSSR count). The second-order valence-electron chi connectivity index (χ2n) is 5.84. The average molecular weight is 331 g/mol. The largest absolute Gasteiger partial charge is 0.382 e. The first-order chi connectivity index (χ1) is 9.87. The summed E-state index contributed by atoms with van der Waals surface area (Å²) in [5.41, 5.74) is 1.36. The zero-order valence-electron chi connectivity index (χ0n) is 12.5. The highest BCUT2D eigenvalue weighted by atomic mass is 35.5. The zero-order valence-corrected chi connectivity index (χ0v) is 14.1. The number of sulfonamides is 1. The van der Waals surface area contributed by atoms with Crippen LogP contribution >= 0.6 is 11.6 Å². The standard InChI is InChI=1S/C15H23ClN2O2S/c1-3-11-4-6-12(7-5-11)17-13-8-9-15(14(16)10-13)18-21(2,19)20/h8-12,17-18H,3-7H2,1-2H3. The van der Waals surface area contributed by atoms with Gasteiger partial charge in [-0.05, 0) is 49.8 Å². The van der Waals surface area contributed by atoms with E-state index in [2.05, 4.69) is 17.0 Å². The fourth-order valence-electron chi connectivity index (χ4n) is 2.84. The van der Waals surface area contributed by atoms with Crippen LogP contribution < -0.4 is 10.0 Å². The van der Waals surface area contributed by atoms with Crippen molar-refractivity contribution in [2.45, 2.75) is 45.1 Å². The van der Waals surface area contributed by atoms with E-state index in [-0.39, 0.29) is 0 Å². The van der Waals surface area contributed by atoms with Crippen molar-refractivity contribution >= 4 is 33.0 Å². The van der Waals surface area contributed by atoms with E-state index in [9.17, 15) is 8.42 Å². The Balaban J connectivity index is 1.97. The fourth-order valence-corrected chi connectivity index (χ4v) is 3.70. The van der Waals surface area contributed by atoms with Gasteiger partial charge in [-0.1, -0.05) is 24.9 Å². The van der Waals surface area contributed by atoms with Crippen molar-refractivity contribution < 1.29 is 8.42 Å². The van der Waals surface area contributed by atoms with Crippen molar-refractivity contribution in [3.63, 3.8) is 0 Å². The summed E-state index contributed by atoms with van der Waals surface area (Å²) in [6.07, 6.45) is 7.29. The van der Waals surface area contributed by atoms with Crippen LogP contribution in [0.25, 0.3) is 0 Å². The number of benzene rings is 1. The fraction of sp³-hybridized carbons (Fsp3) is 0.600. The Labute approximate surface area is 132 Å². The minimum absolute atomic E-state index is 0.410. The predicted octanol–water partition coefficient (Wildman–Crippen LogP) is 4.09. The van der Waals surface area contributed by atoms with Gasteiger partial charge in [0, 0.05) is 11.7 Å². The Bertz CT molecular complexity index is 581. The molecule has 1 saturated carbocycles. The SMILES string of the molecule is CCC1CCC(Nc2ccc(NS(C)(=O)=O)c(Cl)c2)CC1. The molecule has 6 heteroatoms. The highest BCUT2D eigenvalue weighted by molar-refractivity contribution is 7.92. The number of halogens is 1. The molecule has 0 atom stereocenters. The van der Waals surface area contributed by atoms with Gasteiger partial charge < -0.3 is 5.32 Å². The van der Waals surface area contributed by atoms with Gasteiger partial charge in [0.25, 0.3) is 0 Å². The molecule has 0 amide bonds. The zero-order chi connectivity index (χ0) is 15.5. The van der Waals surface area contributed by atoms with Gasteiger partial charge in [-0.15, -0.1) is 0 Å². The number of hydrogen-bond acceptors (Lipinski definition) is 3. The van der Waals surface area contributed by atoms with E-state index < -0.39 is 10.0 Å². The van der Waals surface area contributed by atoms with Gasteiger partial charge >= 0.3 is 0 Å². The van der Waals surface area contributed by atoms with Crippen molar-refractivity contribution in [1.29, 1.82) is 0 Å². The van der Waals surface area contributed by atoms with Gasteiger partial charge in [-0.3, -0.25) is 4.72 Å². The quantitative estimate of drug-likeness (QED) is 0.854. The Hall–Kier alpha value is -0.940. The smallest absolute Gasteiger partial charge is 0.229 e. The van der Waals surface area contributed by atoms with E-state index in [4.69, 9.17) is 11.6 Å². The van der Waals surface area contributed by atoms with E-state index in [0.717, 1.165) is 17.9 Å². The molecule has 0 unspecified atom stereocenters. The summed E-state index contributed by atoms with van der Waals surface area (Å²) in [4.78, 5) is 0. The lowest BCUT2D eigenvalue weighted by Gasteiger charge is -2.29. The van der Waals surface area contributed by atoms with Gasteiger partial charge in [-0.25, -0.2) is 8.42 Å². The average Bonchev–Trinajstić information content (AvgIpc) is 2.41. The predicted molar refractivity (Wildman–Crippen MR) is 89.6 cm³/mol. The summed E-state index contributed by atoms with van der Waals surface area (Å²) in [5, 5.41) is 3.90. The molecule has 21 heavy (non-hydrogen) atoms. The summed E-state index contributed by atoms with van der Waals surface area (Å²) >= 11 is 6.13. The molecular formula is C15H23ClN2O2S. The van der Waals surface area contributed by atoms with E-state index in [0.29, 0.717) is 16.8 Å². The molecular weight excluding hydrogens is 308 g/mol. The summed E-state index contributed by atoms with van der Waals surface area (Å²) in [6.45, 7) is 2.26.